The maximum atomic E-state index is 10.2. The highest BCUT2D eigenvalue weighted by atomic mass is 16.1. The van der Waals surface area contributed by atoms with Crippen LogP contribution in [0.15, 0.2) is 12.2 Å². The normalized spacial score (nSPS) is 31.6. The van der Waals surface area contributed by atoms with Crippen molar-refractivity contribution in [2.24, 2.45) is 11.8 Å². The minimum absolute atomic E-state index is 0.0520. The van der Waals surface area contributed by atoms with Crippen molar-refractivity contribution in [2.45, 2.75) is 12.8 Å². The Morgan fingerprint density at radius 1 is 1.00 bits per heavy atom. The summed E-state index contributed by atoms with van der Waals surface area (Å²) < 4.78 is 0. The lowest BCUT2D eigenvalue weighted by Crippen LogP contribution is -2.09. The van der Waals surface area contributed by atoms with Crippen LogP contribution in [0.5, 0.6) is 0 Å². The van der Waals surface area contributed by atoms with Crippen LogP contribution >= 0.6 is 0 Å². The number of allylic oxidation sites excluding steroid dienone is 2. The van der Waals surface area contributed by atoms with Crippen LogP contribution in [0, 0.1) is 11.8 Å². The summed E-state index contributed by atoms with van der Waals surface area (Å²) in [6.45, 7) is 0. The van der Waals surface area contributed by atoms with E-state index >= 15 is 0 Å². The Balaban J connectivity index is 2.51. The lowest BCUT2D eigenvalue weighted by atomic mass is 9.90. The van der Waals surface area contributed by atoms with Crippen LogP contribution in [0.2, 0.25) is 0 Å². The summed E-state index contributed by atoms with van der Waals surface area (Å²) in [7, 11) is 0. The van der Waals surface area contributed by atoms with E-state index in [1.807, 2.05) is 12.2 Å². The smallest absolute Gasteiger partial charge is 0.126 e. The molecule has 1 aliphatic carbocycles. The van der Waals surface area contributed by atoms with Gasteiger partial charge in [0.15, 0.2) is 0 Å². The van der Waals surface area contributed by atoms with Crippen LogP contribution in [0.1, 0.15) is 12.8 Å². The van der Waals surface area contributed by atoms with Gasteiger partial charge in [0.1, 0.15) is 12.6 Å². The van der Waals surface area contributed by atoms with E-state index in [4.69, 9.17) is 0 Å². The number of carbonyl (C=O) groups excluding carboxylic acids is 2. The van der Waals surface area contributed by atoms with Gasteiger partial charge in [-0.2, -0.15) is 0 Å². The maximum absolute atomic E-state index is 10.2. The lowest BCUT2D eigenvalue weighted by Gasteiger charge is -2.13. The Kier molecular flexibility index (Phi) is 2.37. The van der Waals surface area contributed by atoms with Crippen LogP contribution in [0.3, 0.4) is 0 Å². The Morgan fingerprint density at radius 2 is 1.40 bits per heavy atom. The second-order valence-electron chi connectivity index (χ2n) is 2.56. The molecule has 0 aromatic heterocycles. The van der Waals surface area contributed by atoms with Crippen molar-refractivity contribution in [1.29, 1.82) is 0 Å². The largest absolute Gasteiger partial charge is 0.303 e. The molecule has 0 N–H and O–H groups in total. The van der Waals surface area contributed by atoms with Crippen LogP contribution in [-0.2, 0) is 9.59 Å². The fourth-order valence-electron chi connectivity index (χ4n) is 1.09. The average molecular weight is 138 g/mol. The third-order valence-corrected chi connectivity index (χ3v) is 1.79. The van der Waals surface area contributed by atoms with Crippen molar-refractivity contribution in [3.05, 3.63) is 12.2 Å². The van der Waals surface area contributed by atoms with Gasteiger partial charge in [-0.1, -0.05) is 12.2 Å². The minimum Gasteiger partial charge on any atom is -0.303 e. The molecule has 2 unspecified atom stereocenters. The van der Waals surface area contributed by atoms with Gasteiger partial charge in [0.05, 0.1) is 0 Å². The van der Waals surface area contributed by atoms with Crippen LogP contribution in [0.4, 0.5) is 0 Å². The fourth-order valence-corrected chi connectivity index (χ4v) is 1.09. The first kappa shape index (κ1) is 7.19. The van der Waals surface area contributed by atoms with Crippen LogP contribution < -0.4 is 0 Å². The predicted molar refractivity (Wildman–Crippen MR) is 37.5 cm³/mol. The van der Waals surface area contributed by atoms with Crippen molar-refractivity contribution in [2.75, 3.05) is 0 Å². The molecule has 10 heavy (non-hydrogen) atoms. The van der Waals surface area contributed by atoms with E-state index in [2.05, 4.69) is 0 Å². The molecule has 0 saturated carbocycles. The van der Waals surface area contributed by atoms with E-state index in [1.54, 1.807) is 0 Å². The zero-order valence-corrected chi connectivity index (χ0v) is 5.69. The Bertz CT molecular complexity index is 143. The maximum Gasteiger partial charge on any atom is 0.126 e. The van der Waals surface area contributed by atoms with Gasteiger partial charge < -0.3 is 9.59 Å². The van der Waals surface area contributed by atoms with Crippen molar-refractivity contribution in [1.82, 2.24) is 0 Å². The summed E-state index contributed by atoms with van der Waals surface area (Å²) >= 11 is 0. The first-order chi connectivity index (χ1) is 4.86. The molecule has 0 bridgehead atoms. The van der Waals surface area contributed by atoms with E-state index in [-0.39, 0.29) is 11.8 Å². The summed E-state index contributed by atoms with van der Waals surface area (Å²) in [5, 5.41) is 0. The minimum atomic E-state index is 0.0520. The standard InChI is InChI=1S/C8H10O2/c9-5-7-1-2-8(6-10)4-3-7/h1-2,5-8H,3-4H2. The molecule has 1 rings (SSSR count). The molecule has 0 spiro atoms. The van der Waals surface area contributed by atoms with Gasteiger partial charge in [-0.05, 0) is 12.8 Å². The summed E-state index contributed by atoms with van der Waals surface area (Å²) in [4.78, 5) is 20.4. The van der Waals surface area contributed by atoms with Crippen molar-refractivity contribution >= 4 is 12.6 Å². The first-order valence-electron chi connectivity index (χ1n) is 3.45. The number of hydrogen-bond donors (Lipinski definition) is 0. The van der Waals surface area contributed by atoms with Gasteiger partial charge >= 0.3 is 0 Å². The monoisotopic (exact) mass is 138 g/mol. The fraction of sp³-hybridized carbons (Fsp3) is 0.500. The van der Waals surface area contributed by atoms with Gasteiger partial charge in [0.25, 0.3) is 0 Å². The van der Waals surface area contributed by atoms with Gasteiger partial charge in [-0.3, -0.25) is 0 Å². The zero-order valence-electron chi connectivity index (χ0n) is 5.69. The van der Waals surface area contributed by atoms with Crippen molar-refractivity contribution in [3.8, 4) is 0 Å². The lowest BCUT2D eigenvalue weighted by molar-refractivity contribution is -0.112. The highest BCUT2D eigenvalue weighted by Gasteiger charge is 2.13. The van der Waals surface area contributed by atoms with Gasteiger partial charge in [-0.15, -0.1) is 0 Å². The van der Waals surface area contributed by atoms with Crippen molar-refractivity contribution in [3.63, 3.8) is 0 Å². The molecule has 0 radical (unpaired) electrons. The third-order valence-electron chi connectivity index (χ3n) is 1.79. The van der Waals surface area contributed by atoms with E-state index < -0.39 is 0 Å². The second-order valence-corrected chi connectivity index (χ2v) is 2.56. The number of hydrogen-bond acceptors (Lipinski definition) is 2. The quantitative estimate of drug-likeness (QED) is 0.421. The molecule has 2 heteroatoms. The van der Waals surface area contributed by atoms with E-state index in [9.17, 15) is 9.59 Å². The van der Waals surface area contributed by atoms with Gasteiger partial charge in [0.2, 0.25) is 0 Å². The molecule has 0 aromatic rings. The molecule has 1 aliphatic rings. The molecular formula is C8H10O2. The summed E-state index contributed by atoms with van der Waals surface area (Å²) in [6, 6.07) is 0. The summed E-state index contributed by atoms with van der Waals surface area (Å²) in [5.74, 6) is 0.104. The number of aldehydes is 2. The van der Waals surface area contributed by atoms with E-state index in [1.165, 1.54) is 0 Å². The first-order valence-corrected chi connectivity index (χ1v) is 3.45. The molecule has 0 heterocycles. The van der Waals surface area contributed by atoms with Gasteiger partial charge in [0, 0.05) is 11.8 Å². The topological polar surface area (TPSA) is 34.1 Å². The number of rotatable bonds is 2. The molecule has 0 saturated heterocycles. The third kappa shape index (κ3) is 1.53. The molecule has 0 amide bonds. The second kappa shape index (κ2) is 3.30. The Hall–Kier alpha value is -0.920. The Labute approximate surface area is 59.9 Å². The Morgan fingerprint density at radius 3 is 1.60 bits per heavy atom. The highest BCUT2D eigenvalue weighted by Crippen LogP contribution is 2.18. The zero-order chi connectivity index (χ0) is 7.40. The van der Waals surface area contributed by atoms with Crippen LogP contribution in [-0.4, -0.2) is 12.6 Å². The summed E-state index contributed by atoms with van der Waals surface area (Å²) in [5.41, 5.74) is 0. The summed E-state index contributed by atoms with van der Waals surface area (Å²) in [6.07, 6.45) is 7.13. The molecule has 0 aromatic carbocycles. The molecular weight excluding hydrogens is 128 g/mol. The van der Waals surface area contributed by atoms with Gasteiger partial charge in [-0.25, -0.2) is 0 Å². The molecule has 0 fully saturated rings. The molecule has 54 valence electrons. The predicted octanol–water partition coefficient (Wildman–Crippen LogP) is 0.967. The average Bonchev–Trinajstić information content (AvgIpc) is 2.05. The van der Waals surface area contributed by atoms with E-state index in [0.717, 1.165) is 25.4 Å². The molecule has 2 nitrogen and oxygen atoms in total. The highest BCUT2D eigenvalue weighted by molar-refractivity contribution is 5.61. The number of carbonyl (C=O) groups is 2. The molecule has 0 aliphatic heterocycles. The van der Waals surface area contributed by atoms with Crippen LogP contribution in [0.25, 0.3) is 0 Å². The SMILES string of the molecule is O=CC1C=CC(C=O)CC1. The van der Waals surface area contributed by atoms with E-state index in [0.29, 0.717) is 0 Å². The molecule has 2 atom stereocenters. The van der Waals surface area contributed by atoms with Crippen molar-refractivity contribution < 1.29 is 9.59 Å².